The lowest BCUT2D eigenvalue weighted by atomic mass is 9.99. The minimum Gasteiger partial charge on any atom is -0.507 e. The minimum absolute atomic E-state index is 0.0476. The van der Waals surface area contributed by atoms with E-state index in [1.165, 1.54) is 11.6 Å². The molecule has 5 aromatic rings. The lowest BCUT2D eigenvalue weighted by molar-refractivity contribution is 0.121. The summed E-state index contributed by atoms with van der Waals surface area (Å²) in [6.45, 7) is 6.99. The molecule has 1 fully saturated rings. The smallest absolute Gasteiger partial charge is 0.344 e. The molecule has 0 spiro atoms. The quantitative estimate of drug-likeness (QED) is 0.290. The zero-order chi connectivity index (χ0) is 27.6. The Morgan fingerprint density at radius 1 is 0.800 bits per heavy atom. The van der Waals surface area contributed by atoms with E-state index < -0.39 is 11.3 Å². The van der Waals surface area contributed by atoms with E-state index in [-0.39, 0.29) is 16.9 Å². The third kappa shape index (κ3) is 5.11. The molecular formula is C32H30N2O6. The molecule has 1 aliphatic rings. The molecule has 204 valence electrons. The monoisotopic (exact) mass is 538 g/mol. The molecule has 0 bridgehead atoms. The van der Waals surface area contributed by atoms with Crippen LogP contribution in [0, 0.1) is 0 Å². The number of hydrogen-bond acceptors (Lipinski definition) is 8. The Bertz CT molecular complexity index is 1790. The molecule has 0 atom stereocenters. The van der Waals surface area contributed by atoms with Crippen molar-refractivity contribution in [3.63, 3.8) is 0 Å². The highest BCUT2D eigenvalue weighted by molar-refractivity contribution is 5.97. The SMILES string of the molecule is CCOc1cccc2cc(-c3cc(=O)oc4c(CN5CCN(Cc6ccccc6)CC5)c(O)ccc34)c(=O)oc12. The number of para-hydroxylation sites is 1. The molecule has 1 saturated heterocycles. The number of benzene rings is 3. The fourth-order valence-electron chi connectivity index (χ4n) is 5.39. The fourth-order valence-corrected chi connectivity index (χ4v) is 5.39. The zero-order valence-electron chi connectivity index (χ0n) is 22.3. The van der Waals surface area contributed by atoms with Crippen molar-refractivity contribution in [3.8, 4) is 22.6 Å². The molecule has 3 aromatic carbocycles. The van der Waals surface area contributed by atoms with E-state index in [1.54, 1.807) is 24.3 Å². The van der Waals surface area contributed by atoms with Crippen LogP contribution >= 0.6 is 0 Å². The van der Waals surface area contributed by atoms with Gasteiger partial charge in [-0.05, 0) is 36.8 Å². The Kier molecular flexibility index (Phi) is 7.11. The number of hydrogen-bond donors (Lipinski definition) is 1. The van der Waals surface area contributed by atoms with E-state index >= 15 is 0 Å². The summed E-state index contributed by atoms with van der Waals surface area (Å²) < 4.78 is 16.9. The Balaban J connectivity index is 1.32. The second-order valence-electron chi connectivity index (χ2n) is 10.0. The summed E-state index contributed by atoms with van der Waals surface area (Å²) >= 11 is 0. The van der Waals surface area contributed by atoms with Crippen molar-refractivity contribution in [1.29, 1.82) is 0 Å². The van der Waals surface area contributed by atoms with Gasteiger partial charge in [-0.25, -0.2) is 9.59 Å². The van der Waals surface area contributed by atoms with Crippen LogP contribution in [-0.4, -0.2) is 47.7 Å². The summed E-state index contributed by atoms with van der Waals surface area (Å²) in [5, 5.41) is 12.1. The number of rotatable bonds is 7. The molecule has 0 radical (unpaired) electrons. The van der Waals surface area contributed by atoms with Gasteiger partial charge in [0, 0.05) is 61.7 Å². The number of phenols is 1. The lowest BCUT2D eigenvalue weighted by Crippen LogP contribution is -2.45. The van der Waals surface area contributed by atoms with Crippen molar-refractivity contribution in [2.45, 2.75) is 20.0 Å². The lowest BCUT2D eigenvalue weighted by Gasteiger charge is -2.34. The highest BCUT2D eigenvalue weighted by Gasteiger charge is 2.22. The first kappa shape index (κ1) is 25.9. The van der Waals surface area contributed by atoms with Crippen molar-refractivity contribution in [2.24, 2.45) is 0 Å². The number of nitrogens with zero attached hydrogens (tertiary/aromatic N) is 2. The molecule has 1 aliphatic heterocycles. The van der Waals surface area contributed by atoms with Crippen molar-refractivity contribution >= 4 is 21.9 Å². The molecule has 2 aromatic heterocycles. The molecule has 8 heteroatoms. The molecule has 3 heterocycles. The van der Waals surface area contributed by atoms with Crippen LogP contribution in [0.5, 0.6) is 11.5 Å². The van der Waals surface area contributed by atoms with E-state index in [1.807, 2.05) is 25.1 Å². The normalized spacial score (nSPS) is 14.6. The summed E-state index contributed by atoms with van der Waals surface area (Å²) in [6, 6.07) is 22.1. The number of piperazine rings is 1. The van der Waals surface area contributed by atoms with Gasteiger partial charge >= 0.3 is 11.3 Å². The van der Waals surface area contributed by atoms with Crippen LogP contribution < -0.4 is 16.0 Å². The maximum absolute atomic E-state index is 13.2. The van der Waals surface area contributed by atoms with E-state index in [9.17, 15) is 14.7 Å². The van der Waals surface area contributed by atoms with Gasteiger partial charge in [-0.1, -0.05) is 42.5 Å². The molecule has 0 aliphatic carbocycles. The second kappa shape index (κ2) is 11.0. The highest BCUT2D eigenvalue weighted by atomic mass is 16.5. The molecule has 0 unspecified atom stereocenters. The number of phenolic OH excluding ortho intramolecular Hbond substituents is 1. The number of ether oxygens (including phenoxy) is 1. The van der Waals surface area contributed by atoms with Crippen LogP contribution in [-0.2, 0) is 13.1 Å². The van der Waals surface area contributed by atoms with Gasteiger partial charge in [0.1, 0.15) is 11.3 Å². The van der Waals surface area contributed by atoms with E-state index in [0.717, 1.165) is 32.7 Å². The molecule has 1 N–H and O–H groups in total. The van der Waals surface area contributed by atoms with Gasteiger partial charge in [0.15, 0.2) is 11.3 Å². The topological polar surface area (TPSA) is 96.4 Å². The largest absolute Gasteiger partial charge is 0.507 e. The van der Waals surface area contributed by atoms with Crippen LogP contribution in [0.1, 0.15) is 18.1 Å². The standard InChI is InChI=1S/C32H30N2O6/c1-2-38-28-10-6-9-22-17-25(32(37)40-30(22)28)24-18-29(36)39-31-23(24)11-12-27(35)26(31)20-34-15-13-33(14-16-34)19-21-7-4-3-5-8-21/h3-12,17-18,35H,2,13-16,19-20H2,1H3. The van der Waals surface area contributed by atoms with Crippen molar-refractivity contribution < 1.29 is 18.7 Å². The molecule has 6 rings (SSSR count). The predicted molar refractivity (Wildman–Crippen MR) is 154 cm³/mol. The number of fused-ring (bicyclic) bond motifs is 2. The number of aromatic hydroxyl groups is 1. The summed E-state index contributed by atoms with van der Waals surface area (Å²) in [4.78, 5) is 30.5. The van der Waals surface area contributed by atoms with Crippen LogP contribution in [0.3, 0.4) is 0 Å². The average molecular weight is 539 g/mol. The van der Waals surface area contributed by atoms with Gasteiger partial charge < -0.3 is 18.7 Å². The van der Waals surface area contributed by atoms with Crippen LogP contribution in [0.4, 0.5) is 0 Å². The second-order valence-corrected chi connectivity index (χ2v) is 10.0. The summed E-state index contributed by atoms with van der Waals surface area (Å²) in [7, 11) is 0. The van der Waals surface area contributed by atoms with Crippen molar-refractivity contribution in [2.75, 3.05) is 32.8 Å². The Morgan fingerprint density at radius 2 is 1.55 bits per heavy atom. The predicted octanol–water partition coefficient (Wildman–Crippen LogP) is 4.99. The van der Waals surface area contributed by atoms with E-state index in [2.05, 4.69) is 34.1 Å². The van der Waals surface area contributed by atoms with Crippen LogP contribution in [0.15, 0.2) is 91.2 Å². The van der Waals surface area contributed by atoms with E-state index in [4.69, 9.17) is 13.6 Å². The average Bonchev–Trinajstić information content (AvgIpc) is 2.96. The van der Waals surface area contributed by atoms with Gasteiger partial charge in [0.25, 0.3) is 0 Å². The van der Waals surface area contributed by atoms with Gasteiger partial charge in [-0.15, -0.1) is 0 Å². The Labute approximate surface area is 230 Å². The maximum atomic E-state index is 13.2. The van der Waals surface area contributed by atoms with Crippen LogP contribution in [0.25, 0.3) is 33.1 Å². The van der Waals surface area contributed by atoms with E-state index in [0.29, 0.717) is 46.4 Å². The third-order valence-electron chi connectivity index (χ3n) is 7.40. The van der Waals surface area contributed by atoms with Crippen molar-refractivity contribution in [3.05, 3.63) is 105 Å². The first-order valence-corrected chi connectivity index (χ1v) is 13.5. The summed E-state index contributed by atoms with van der Waals surface area (Å²) in [5.41, 5.74) is 1.89. The maximum Gasteiger partial charge on any atom is 0.344 e. The van der Waals surface area contributed by atoms with Gasteiger partial charge in [-0.3, -0.25) is 9.80 Å². The Hall–Kier alpha value is -4.40. The fraction of sp³-hybridized carbons (Fsp3) is 0.250. The van der Waals surface area contributed by atoms with Gasteiger partial charge in [-0.2, -0.15) is 0 Å². The zero-order valence-corrected chi connectivity index (χ0v) is 22.3. The molecule has 40 heavy (non-hydrogen) atoms. The third-order valence-corrected chi connectivity index (χ3v) is 7.40. The molecule has 8 nitrogen and oxygen atoms in total. The highest BCUT2D eigenvalue weighted by Crippen LogP contribution is 2.35. The van der Waals surface area contributed by atoms with Crippen molar-refractivity contribution in [1.82, 2.24) is 9.80 Å². The first-order chi connectivity index (χ1) is 19.5. The summed E-state index contributed by atoms with van der Waals surface area (Å²) in [6.07, 6.45) is 0. The molecular weight excluding hydrogens is 508 g/mol. The van der Waals surface area contributed by atoms with Gasteiger partial charge in [0.05, 0.1) is 17.7 Å². The molecule has 0 saturated carbocycles. The minimum atomic E-state index is -0.607. The molecule has 0 amide bonds. The van der Waals surface area contributed by atoms with Gasteiger partial charge in [0.2, 0.25) is 0 Å². The summed E-state index contributed by atoms with van der Waals surface area (Å²) in [5.74, 6) is 0.531. The Morgan fingerprint density at radius 3 is 2.30 bits per heavy atom. The first-order valence-electron chi connectivity index (χ1n) is 13.5. The van der Waals surface area contributed by atoms with Crippen LogP contribution in [0.2, 0.25) is 0 Å².